The van der Waals surface area contributed by atoms with Gasteiger partial charge in [0.25, 0.3) is 0 Å². The lowest BCUT2D eigenvalue weighted by molar-refractivity contribution is -0.133. The molecule has 3 rings (SSSR count). The van der Waals surface area contributed by atoms with Crippen LogP contribution in [-0.4, -0.2) is 34.0 Å². The van der Waals surface area contributed by atoms with Gasteiger partial charge in [0, 0.05) is 24.9 Å². The second kappa shape index (κ2) is 6.83. The van der Waals surface area contributed by atoms with Gasteiger partial charge in [-0.1, -0.05) is 19.0 Å². The lowest BCUT2D eigenvalue weighted by Crippen LogP contribution is -2.41. The zero-order valence-corrected chi connectivity index (χ0v) is 14.7. The number of amides is 1. The number of hydrogen-bond acceptors (Lipinski definition) is 5. The SMILES string of the molecule is CC(C)c1nc(C2CCCN(C(=O)C(C)c3ccsc3)C2)no1. The van der Waals surface area contributed by atoms with Gasteiger partial charge in [0.05, 0.1) is 5.92 Å². The number of thiophene rings is 1. The van der Waals surface area contributed by atoms with Crippen molar-refractivity contribution < 1.29 is 9.32 Å². The maximum Gasteiger partial charge on any atom is 0.229 e. The van der Waals surface area contributed by atoms with Gasteiger partial charge in [0.15, 0.2) is 5.82 Å². The van der Waals surface area contributed by atoms with Crippen LogP contribution in [-0.2, 0) is 4.79 Å². The summed E-state index contributed by atoms with van der Waals surface area (Å²) in [6.07, 6.45) is 1.99. The molecule has 0 radical (unpaired) electrons. The van der Waals surface area contributed by atoms with Crippen molar-refractivity contribution in [1.82, 2.24) is 15.0 Å². The van der Waals surface area contributed by atoms with Crippen molar-refractivity contribution in [3.8, 4) is 0 Å². The molecule has 1 fully saturated rings. The Morgan fingerprint density at radius 3 is 2.91 bits per heavy atom. The first-order valence-electron chi connectivity index (χ1n) is 8.20. The van der Waals surface area contributed by atoms with Crippen LogP contribution in [0.25, 0.3) is 0 Å². The van der Waals surface area contributed by atoms with E-state index in [0.29, 0.717) is 12.4 Å². The van der Waals surface area contributed by atoms with Gasteiger partial charge in [0.2, 0.25) is 11.8 Å². The maximum absolute atomic E-state index is 12.8. The molecule has 0 aliphatic carbocycles. The normalized spacial score (nSPS) is 20.0. The van der Waals surface area contributed by atoms with E-state index in [1.54, 1.807) is 11.3 Å². The summed E-state index contributed by atoms with van der Waals surface area (Å²) in [6.45, 7) is 7.56. The fraction of sp³-hybridized carbons (Fsp3) is 0.588. The molecule has 2 aromatic rings. The molecule has 23 heavy (non-hydrogen) atoms. The van der Waals surface area contributed by atoms with Crippen molar-refractivity contribution in [2.24, 2.45) is 0 Å². The molecule has 0 bridgehead atoms. The van der Waals surface area contributed by atoms with Gasteiger partial charge >= 0.3 is 0 Å². The van der Waals surface area contributed by atoms with Crippen molar-refractivity contribution in [2.45, 2.75) is 51.4 Å². The number of hydrogen-bond donors (Lipinski definition) is 0. The summed E-state index contributed by atoms with van der Waals surface area (Å²) in [5.74, 6) is 1.94. The molecule has 5 nitrogen and oxygen atoms in total. The fourth-order valence-electron chi connectivity index (χ4n) is 2.97. The quantitative estimate of drug-likeness (QED) is 0.854. The van der Waals surface area contributed by atoms with Gasteiger partial charge in [-0.05, 0) is 42.2 Å². The van der Waals surface area contributed by atoms with E-state index in [2.05, 4.69) is 15.5 Å². The number of rotatable bonds is 4. The average Bonchev–Trinajstić information content (AvgIpc) is 3.25. The van der Waals surface area contributed by atoms with E-state index >= 15 is 0 Å². The molecule has 0 aromatic carbocycles. The van der Waals surface area contributed by atoms with Crippen LogP contribution in [0, 0.1) is 0 Å². The molecule has 2 atom stereocenters. The molecule has 0 saturated carbocycles. The number of piperidine rings is 1. The van der Waals surface area contributed by atoms with Crippen LogP contribution in [0.5, 0.6) is 0 Å². The predicted octanol–water partition coefficient (Wildman–Crippen LogP) is 3.76. The Hall–Kier alpha value is -1.69. The average molecular weight is 333 g/mol. The molecule has 3 heterocycles. The molecule has 0 spiro atoms. The lowest BCUT2D eigenvalue weighted by Gasteiger charge is -2.33. The Morgan fingerprint density at radius 2 is 2.26 bits per heavy atom. The predicted molar refractivity (Wildman–Crippen MR) is 89.7 cm³/mol. The number of likely N-dealkylation sites (tertiary alicyclic amines) is 1. The highest BCUT2D eigenvalue weighted by molar-refractivity contribution is 7.08. The molecular formula is C17H23N3O2S. The first-order chi connectivity index (χ1) is 11.1. The Bertz CT molecular complexity index is 651. The van der Waals surface area contributed by atoms with Crippen LogP contribution in [0.1, 0.15) is 68.6 Å². The first kappa shape index (κ1) is 16.2. The van der Waals surface area contributed by atoms with Gasteiger partial charge in [-0.15, -0.1) is 0 Å². The van der Waals surface area contributed by atoms with Gasteiger partial charge in [-0.2, -0.15) is 16.3 Å². The monoisotopic (exact) mass is 333 g/mol. The van der Waals surface area contributed by atoms with Gasteiger partial charge in [-0.25, -0.2) is 0 Å². The molecule has 0 N–H and O–H groups in total. The van der Waals surface area contributed by atoms with Crippen LogP contribution in [0.2, 0.25) is 0 Å². The van der Waals surface area contributed by atoms with Crippen molar-refractivity contribution in [3.05, 3.63) is 34.1 Å². The van der Waals surface area contributed by atoms with E-state index in [4.69, 9.17) is 4.52 Å². The summed E-state index contributed by atoms with van der Waals surface area (Å²) in [6, 6.07) is 2.03. The molecule has 1 aliphatic heterocycles. The van der Waals surface area contributed by atoms with Crippen LogP contribution in [0.15, 0.2) is 21.3 Å². The van der Waals surface area contributed by atoms with Crippen LogP contribution < -0.4 is 0 Å². The van der Waals surface area contributed by atoms with Crippen molar-refractivity contribution in [1.29, 1.82) is 0 Å². The summed E-state index contributed by atoms with van der Waals surface area (Å²) < 4.78 is 5.32. The molecule has 124 valence electrons. The van der Waals surface area contributed by atoms with E-state index in [1.165, 1.54) is 0 Å². The zero-order chi connectivity index (χ0) is 16.4. The minimum Gasteiger partial charge on any atom is -0.341 e. The second-order valence-corrected chi connectivity index (χ2v) is 7.33. The highest BCUT2D eigenvalue weighted by Gasteiger charge is 2.30. The van der Waals surface area contributed by atoms with Crippen molar-refractivity contribution >= 4 is 17.2 Å². The third-order valence-electron chi connectivity index (χ3n) is 4.46. The first-order valence-corrected chi connectivity index (χ1v) is 9.15. The molecule has 6 heteroatoms. The third-order valence-corrected chi connectivity index (χ3v) is 5.16. The molecular weight excluding hydrogens is 310 g/mol. The molecule has 2 aromatic heterocycles. The minimum absolute atomic E-state index is 0.0866. The highest BCUT2D eigenvalue weighted by atomic mass is 32.1. The highest BCUT2D eigenvalue weighted by Crippen LogP contribution is 2.29. The number of carbonyl (C=O) groups excluding carboxylic acids is 1. The largest absolute Gasteiger partial charge is 0.341 e. The van der Waals surface area contributed by atoms with Crippen molar-refractivity contribution in [2.75, 3.05) is 13.1 Å². The van der Waals surface area contributed by atoms with E-state index < -0.39 is 0 Å². The number of nitrogens with zero attached hydrogens (tertiary/aromatic N) is 3. The number of carbonyl (C=O) groups is 1. The number of aromatic nitrogens is 2. The topological polar surface area (TPSA) is 59.2 Å². The smallest absolute Gasteiger partial charge is 0.229 e. The van der Waals surface area contributed by atoms with Crippen LogP contribution >= 0.6 is 11.3 Å². The zero-order valence-electron chi connectivity index (χ0n) is 13.9. The summed E-state index contributed by atoms with van der Waals surface area (Å²) >= 11 is 1.63. The molecule has 1 amide bonds. The Balaban J connectivity index is 1.69. The van der Waals surface area contributed by atoms with Gasteiger partial charge < -0.3 is 9.42 Å². The lowest BCUT2D eigenvalue weighted by atomic mass is 9.95. The Kier molecular flexibility index (Phi) is 4.80. The molecule has 2 unspecified atom stereocenters. The summed E-state index contributed by atoms with van der Waals surface area (Å²) in [7, 11) is 0. The van der Waals surface area contributed by atoms with E-state index in [9.17, 15) is 4.79 Å². The van der Waals surface area contributed by atoms with Gasteiger partial charge in [0.1, 0.15) is 0 Å². The third kappa shape index (κ3) is 3.47. The Morgan fingerprint density at radius 1 is 1.43 bits per heavy atom. The summed E-state index contributed by atoms with van der Waals surface area (Å²) in [5.41, 5.74) is 1.10. The van der Waals surface area contributed by atoms with Crippen LogP contribution in [0.4, 0.5) is 0 Å². The molecule has 1 aliphatic rings. The standard InChI is InChI=1S/C17H23N3O2S/c1-11(2)16-18-15(19-22-16)13-5-4-7-20(9-13)17(21)12(3)14-6-8-23-10-14/h6,8,10-13H,4-5,7,9H2,1-3H3. The maximum atomic E-state index is 12.8. The van der Waals surface area contributed by atoms with Crippen LogP contribution in [0.3, 0.4) is 0 Å². The Labute approximate surface area is 140 Å². The van der Waals surface area contributed by atoms with E-state index in [0.717, 1.165) is 30.8 Å². The van der Waals surface area contributed by atoms with E-state index in [-0.39, 0.29) is 23.7 Å². The fourth-order valence-corrected chi connectivity index (χ4v) is 3.73. The van der Waals surface area contributed by atoms with Gasteiger partial charge in [-0.3, -0.25) is 4.79 Å². The minimum atomic E-state index is -0.0866. The van der Waals surface area contributed by atoms with E-state index in [1.807, 2.05) is 37.1 Å². The van der Waals surface area contributed by atoms with Crippen molar-refractivity contribution in [3.63, 3.8) is 0 Å². The molecule has 1 saturated heterocycles. The summed E-state index contributed by atoms with van der Waals surface area (Å²) in [5, 5.41) is 8.20. The summed E-state index contributed by atoms with van der Waals surface area (Å²) in [4.78, 5) is 19.2. The second-order valence-electron chi connectivity index (χ2n) is 6.55.